The fraction of sp³-hybridized carbons (Fsp3) is 0.727. The average Bonchev–Trinajstić information content (AvgIpc) is 2.76. The van der Waals surface area contributed by atoms with E-state index in [-0.39, 0.29) is 23.5 Å². The fourth-order valence-corrected chi connectivity index (χ4v) is 2.38. The van der Waals surface area contributed by atoms with Gasteiger partial charge in [-0.2, -0.15) is 0 Å². The van der Waals surface area contributed by atoms with E-state index in [2.05, 4.69) is 20.3 Å². The number of hydrogen-bond donors (Lipinski definition) is 2. The molecule has 94 valence electrons. The maximum Gasteiger partial charge on any atom is 0.277 e. The van der Waals surface area contributed by atoms with Crippen LogP contribution in [0.4, 0.5) is 5.82 Å². The van der Waals surface area contributed by atoms with Gasteiger partial charge >= 0.3 is 0 Å². The standard InChI is InChI=1S/C11H18N4O2/c1-7(8-5-3-2-4-6-8)13-11(16)9-10(12)15-17-14-9/h7-8H,2-6H2,1H3,(H2,12,15)(H,13,16)/t7-/m0/s1. The van der Waals surface area contributed by atoms with Crippen LogP contribution >= 0.6 is 0 Å². The van der Waals surface area contributed by atoms with Gasteiger partial charge in [-0.3, -0.25) is 4.79 Å². The van der Waals surface area contributed by atoms with Gasteiger partial charge in [-0.05, 0) is 36.0 Å². The number of carbonyl (C=O) groups excluding carboxylic acids is 1. The van der Waals surface area contributed by atoms with Gasteiger partial charge in [0, 0.05) is 6.04 Å². The molecule has 1 fully saturated rings. The first-order chi connectivity index (χ1) is 8.18. The van der Waals surface area contributed by atoms with Gasteiger partial charge in [0.1, 0.15) is 0 Å². The second kappa shape index (κ2) is 5.16. The zero-order valence-electron chi connectivity index (χ0n) is 9.98. The van der Waals surface area contributed by atoms with E-state index in [1.807, 2.05) is 6.92 Å². The summed E-state index contributed by atoms with van der Waals surface area (Å²) < 4.78 is 4.41. The quantitative estimate of drug-likeness (QED) is 0.829. The van der Waals surface area contributed by atoms with E-state index in [0.29, 0.717) is 5.92 Å². The van der Waals surface area contributed by atoms with Crippen LogP contribution in [0.5, 0.6) is 0 Å². The normalized spacial score (nSPS) is 18.9. The van der Waals surface area contributed by atoms with Crippen molar-refractivity contribution >= 4 is 11.7 Å². The molecule has 1 aliphatic carbocycles. The number of nitrogen functional groups attached to an aromatic ring is 1. The minimum atomic E-state index is -0.304. The Kier molecular flexibility index (Phi) is 3.61. The Morgan fingerprint density at radius 3 is 2.71 bits per heavy atom. The Balaban J connectivity index is 1.92. The van der Waals surface area contributed by atoms with Crippen LogP contribution in [0.15, 0.2) is 4.63 Å². The van der Waals surface area contributed by atoms with Gasteiger partial charge in [0.2, 0.25) is 11.5 Å². The van der Waals surface area contributed by atoms with E-state index in [0.717, 1.165) is 0 Å². The van der Waals surface area contributed by atoms with Crippen LogP contribution in [0, 0.1) is 5.92 Å². The molecular formula is C11H18N4O2. The van der Waals surface area contributed by atoms with Gasteiger partial charge in [0.15, 0.2) is 0 Å². The van der Waals surface area contributed by atoms with Crippen molar-refractivity contribution in [2.75, 3.05) is 5.73 Å². The van der Waals surface area contributed by atoms with E-state index in [9.17, 15) is 4.79 Å². The topological polar surface area (TPSA) is 94.0 Å². The first-order valence-electron chi connectivity index (χ1n) is 6.07. The number of anilines is 1. The minimum absolute atomic E-state index is 0.0401. The summed E-state index contributed by atoms with van der Waals surface area (Å²) in [6.45, 7) is 2.03. The molecule has 0 spiro atoms. The molecular weight excluding hydrogens is 220 g/mol. The predicted molar refractivity (Wildman–Crippen MR) is 62.2 cm³/mol. The smallest absolute Gasteiger partial charge is 0.277 e. The molecule has 1 atom stereocenters. The first-order valence-corrected chi connectivity index (χ1v) is 6.07. The summed E-state index contributed by atoms with van der Waals surface area (Å²) in [4.78, 5) is 11.8. The molecule has 1 heterocycles. The Morgan fingerprint density at radius 1 is 1.41 bits per heavy atom. The largest absolute Gasteiger partial charge is 0.379 e. The number of carbonyl (C=O) groups is 1. The number of nitrogens with two attached hydrogens (primary N) is 1. The number of nitrogens with zero attached hydrogens (tertiary/aromatic N) is 2. The minimum Gasteiger partial charge on any atom is -0.379 e. The number of nitrogens with one attached hydrogen (secondary N) is 1. The van der Waals surface area contributed by atoms with E-state index >= 15 is 0 Å². The number of hydrogen-bond acceptors (Lipinski definition) is 5. The van der Waals surface area contributed by atoms with Crippen molar-refractivity contribution in [3.63, 3.8) is 0 Å². The van der Waals surface area contributed by atoms with Crippen LogP contribution in [-0.4, -0.2) is 22.3 Å². The second-order valence-electron chi connectivity index (χ2n) is 4.66. The van der Waals surface area contributed by atoms with Gasteiger partial charge in [-0.25, -0.2) is 4.63 Å². The van der Waals surface area contributed by atoms with E-state index in [4.69, 9.17) is 5.73 Å². The maximum absolute atomic E-state index is 11.8. The van der Waals surface area contributed by atoms with Crippen molar-refractivity contribution in [3.05, 3.63) is 5.69 Å². The SMILES string of the molecule is C[C@H](NC(=O)c1nonc1N)C1CCCCC1. The summed E-state index contributed by atoms with van der Waals surface area (Å²) in [5.74, 6) is 0.286. The molecule has 0 aliphatic heterocycles. The summed E-state index contributed by atoms with van der Waals surface area (Å²) >= 11 is 0. The van der Waals surface area contributed by atoms with Crippen LogP contribution < -0.4 is 11.1 Å². The zero-order chi connectivity index (χ0) is 12.3. The summed E-state index contributed by atoms with van der Waals surface area (Å²) in [6.07, 6.45) is 6.15. The van der Waals surface area contributed by atoms with Gasteiger partial charge in [0.05, 0.1) is 0 Å². The predicted octanol–water partition coefficient (Wildman–Crippen LogP) is 1.35. The third-order valence-electron chi connectivity index (χ3n) is 3.44. The third-order valence-corrected chi connectivity index (χ3v) is 3.44. The van der Waals surface area contributed by atoms with Crippen molar-refractivity contribution in [3.8, 4) is 0 Å². The van der Waals surface area contributed by atoms with Crippen molar-refractivity contribution in [1.29, 1.82) is 0 Å². The van der Waals surface area contributed by atoms with Crippen molar-refractivity contribution in [2.24, 2.45) is 5.92 Å². The molecule has 0 bridgehead atoms. The first kappa shape index (κ1) is 11.9. The van der Waals surface area contributed by atoms with Crippen molar-refractivity contribution < 1.29 is 9.42 Å². The highest BCUT2D eigenvalue weighted by atomic mass is 16.6. The summed E-state index contributed by atoms with van der Waals surface area (Å²) in [7, 11) is 0. The van der Waals surface area contributed by atoms with E-state index < -0.39 is 0 Å². The second-order valence-corrected chi connectivity index (χ2v) is 4.66. The maximum atomic E-state index is 11.8. The Labute approximate surface area is 99.9 Å². The van der Waals surface area contributed by atoms with Crippen LogP contribution in [0.3, 0.4) is 0 Å². The third kappa shape index (κ3) is 2.75. The molecule has 1 saturated carbocycles. The summed E-state index contributed by atoms with van der Waals surface area (Å²) in [6, 6.07) is 0.138. The lowest BCUT2D eigenvalue weighted by Crippen LogP contribution is -2.39. The Hall–Kier alpha value is -1.59. The Morgan fingerprint density at radius 2 is 2.12 bits per heavy atom. The van der Waals surface area contributed by atoms with Gasteiger partial charge in [-0.1, -0.05) is 19.3 Å². The highest BCUT2D eigenvalue weighted by molar-refractivity contribution is 5.96. The van der Waals surface area contributed by atoms with Gasteiger partial charge in [0.25, 0.3) is 5.91 Å². The summed E-state index contributed by atoms with van der Waals surface area (Å²) in [5, 5.41) is 9.79. The Bertz CT molecular complexity index is 385. The molecule has 2 rings (SSSR count). The lowest BCUT2D eigenvalue weighted by molar-refractivity contribution is 0.0910. The fourth-order valence-electron chi connectivity index (χ4n) is 2.38. The van der Waals surface area contributed by atoms with Crippen molar-refractivity contribution in [2.45, 2.75) is 45.1 Å². The average molecular weight is 238 g/mol. The van der Waals surface area contributed by atoms with Gasteiger partial charge in [-0.15, -0.1) is 0 Å². The molecule has 1 aliphatic rings. The molecule has 1 aromatic heterocycles. The molecule has 0 saturated heterocycles. The van der Waals surface area contributed by atoms with Gasteiger partial charge < -0.3 is 11.1 Å². The van der Waals surface area contributed by atoms with Crippen LogP contribution in [-0.2, 0) is 0 Å². The van der Waals surface area contributed by atoms with Crippen LogP contribution in [0.2, 0.25) is 0 Å². The molecule has 6 nitrogen and oxygen atoms in total. The molecule has 1 aromatic rings. The molecule has 1 amide bonds. The number of aromatic nitrogens is 2. The molecule has 6 heteroatoms. The lowest BCUT2D eigenvalue weighted by Gasteiger charge is -2.27. The molecule has 0 aromatic carbocycles. The number of rotatable bonds is 3. The van der Waals surface area contributed by atoms with Crippen LogP contribution in [0.25, 0.3) is 0 Å². The molecule has 0 radical (unpaired) electrons. The monoisotopic (exact) mass is 238 g/mol. The lowest BCUT2D eigenvalue weighted by atomic mass is 9.84. The zero-order valence-corrected chi connectivity index (χ0v) is 9.98. The molecule has 3 N–H and O–H groups in total. The van der Waals surface area contributed by atoms with E-state index in [1.165, 1.54) is 32.1 Å². The van der Waals surface area contributed by atoms with Crippen LogP contribution in [0.1, 0.15) is 49.5 Å². The molecule has 17 heavy (non-hydrogen) atoms. The highest BCUT2D eigenvalue weighted by Gasteiger charge is 2.24. The summed E-state index contributed by atoms with van der Waals surface area (Å²) in [5.41, 5.74) is 5.54. The molecule has 0 unspecified atom stereocenters. The highest BCUT2D eigenvalue weighted by Crippen LogP contribution is 2.26. The van der Waals surface area contributed by atoms with Crippen molar-refractivity contribution in [1.82, 2.24) is 15.6 Å². The van der Waals surface area contributed by atoms with E-state index in [1.54, 1.807) is 0 Å². The number of amides is 1.